The first-order chi connectivity index (χ1) is 12.3. The summed E-state index contributed by atoms with van der Waals surface area (Å²) in [5.74, 6) is -0.678. The molecule has 0 spiro atoms. The number of hydrogen-bond acceptors (Lipinski definition) is 4. The Morgan fingerprint density at radius 2 is 1.88 bits per heavy atom. The Kier molecular flexibility index (Phi) is 6.06. The number of benzene rings is 2. The summed E-state index contributed by atoms with van der Waals surface area (Å²) in [6.07, 6.45) is 0.785. The molecule has 2 aromatic rings. The monoisotopic (exact) mass is 355 g/mol. The van der Waals surface area contributed by atoms with Gasteiger partial charge in [0.2, 0.25) is 5.91 Å². The number of nitro groups is 1. The van der Waals surface area contributed by atoms with E-state index in [-0.39, 0.29) is 24.0 Å². The lowest BCUT2D eigenvalue weighted by atomic mass is 10.1. The first kappa shape index (κ1) is 19.1. The van der Waals surface area contributed by atoms with Crippen molar-refractivity contribution < 1.29 is 14.5 Å². The molecule has 0 aliphatic heterocycles. The van der Waals surface area contributed by atoms with Crippen molar-refractivity contribution in [1.82, 2.24) is 4.90 Å². The Bertz CT molecular complexity index is 848. The normalized spacial score (nSPS) is 10.3. The van der Waals surface area contributed by atoms with Crippen LogP contribution in [-0.4, -0.2) is 35.2 Å². The summed E-state index contributed by atoms with van der Waals surface area (Å²) in [5.41, 5.74) is 2.40. The topological polar surface area (TPSA) is 92.6 Å². The lowest BCUT2D eigenvalue weighted by molar-refractivity contribution is -0.385. The molecule has 0 saturated heterocycles. The van der Waals surface area contributed by atoms with Gasteiger partial charge in [-0.25, -0.2) is 0 Å². The molecule has 0 fully saturated rings. The molecule has 7 heteroatoms. The molecule has 0 bridgehead atoms. The summed E-state index contributed by atoms with van der Waals surface area (Å²) in [6.45, 7) is 3.45. The molecule has 0 saturated carbocycles. The Hall–Kier alpha value is -3.22. The van der Waals surface area contributed by atoms with Gasteiger partial charge in [0.25, 0.3) is 11.6 Å². The van der Waals surface area contributed by atoms with Crippen molar-refractivity contribution in [2.24, 2.45) is 0 Å². The van der Waals surface area contributed by atoms with Gasteiger partial charge in [-0.2, -0.15) is 0 Å². The number of amides is 2. The van der Waals surface area contributed by atoms with Gasteiger partial charge in [-0.3, -0.25) is 19.7 Å². The van der Waals surface area contributed by atoms with Crippen LogP contribution in [-0.2, 0) is 11.2 Å². The molecular weight excluding hydrogens is 334 g/mol. The maximum atomic E-state index is 12.5. The van der Waals surface area contributed by atoms with Crippen molar-refractivity contribution in [1.29, 1.82) is 0 Å². The number of carbonyl (C=O) groups is 2. The van der Waals surface area contributed by atoms with E-state index in [9.17, 15) is 19.7 Å². The van der Waals surface area contributed by atoms with Crippen molar-refractivity contribution in [3.63, 3.8) is 0 Å². The highest BCUT2D eigenvalue weighted by atomic mass is 16.6. The standard InChI is InChI=1S/C19H21N3O4/c1-4-14-7-5-6-8-16(14)20-18(23)12-21(3)19(24)15-9-10-17(22(25)26)13(2)11-15/h5-11H,4,12H2,1-3H3,(H,20,23). The van der Waals surface area contributed by atoms with Crippen molar-refractivity contribution in [2.45, 2.75) is 20.3 Å². The number of nitrogens with zero attached hydrogens (tertiary/aromatic N) is 2. The van der Waals surface area contributed by atoms with Gasteiger partial charge in [-0.15, -0.1) is 0 Å². The van der Waals surface area contributed by atoms with Crippen LogP contribution < -0.4 is 5.32 Å². The molecule has 0 atom stereocenters. The Labute approximate surface area is 151 Å². The van der Waals surface area contributed by atoms with E-state index in [1.807, 2.05) is 31.2 Å². The number of likely N-dealkylation sites (N-methyl/N-ethyl adjacent to an activating group) is 1. The zero-order valence-electron chi connectivity index (χ0n) is 15.0. The number of para-hydroxylation sites is 1. The maximum Gasteiger partial charge on any atom is 0.272 e. The molecule has 0 aromatic heterocycles. The second-order valence-electron chi connectivity index (χ2n) is 5.98. The number of carbonyl (C=O) groups excluding carboxylic acids is 2. The Morgan fingerprint density at radius 1 is 1.19 bits per heavy atom. The largest absolute Gasteiger partial charge is 0.332 e. The smallest absolute Gasteiger partial charge is 0.272 e. The van der Waals surface area contributed by atoms with E-state index < -0.39 is 4.92 Å². The molecule has 0 aliphatic rings. The van der Waals surface area contributed by atoms with Crippen LogP contribution in [0.25, 0.3) is 0 Å². The fourth-order valence-corrected chi connectivity index (χ4v) is 2.64. The molecule has 2 amide bonds. The van der Waals surface area contributed by atoms with Gasteiger partial charge in [0.05, 0.1) is 11.5 Å². The van der Waals surface area contributed by atoms with Gasteiger partial charge in [0, 0.05) is 29.9 Å². The molecule has 0 heterocycles. The fourth-order valence-electron chi connectivity index (χ4n) is 2.64. The number of hydrogen-bond donors (Lipinski definition) is 1. The van der Waals surface area contributed by atoms with Crippen LogP contribution in [0.15, 0.2) is 42.5 Å². The van der Waals surface area contributed by atoms with Crippen LogP contribution in [0.2, 0.25) is 0 Å². The zero-order chi connectivity index (χ0) is 19.3. The molecule has 2 aromatic carbocycles. The summed E-state index contributed by atoms with van der Waals surface area (Å²) in [5, 5.41) is 13.7. The number of aryl methyl sites for hydroxylation is 2. The number of rotatable bonds is 6. The first-order valence-corrected chi connectivity index (χ1v) is 8.21. The number of nitrogens with one attached hydrogen (secondary N) is 1. The summed E-state index contributed by atoms with van der Waals surface area (Å²) < 4.78 is 0. The van der Waals surface area contributed by atoms with Gasteiger partial charge >= 0.3 is 0 Å². The summed E-state index contributed by atoms with van der Waals surface area (Å²) in [6, 6.07) is 11.6. The second-order valence-corrected chi connectivity index (χ2v) is 5.98. The fraction of sp³-hybridized carbons (Fsp3) is 0.263. The minimum atomic E-state index is -0.494. The molecule has 0 radical (unpaired) electrons. The third kappa shape index (κ3) is 4.44. The van der Waals surface area contributed by atoms with Gasteiger partial charge in [-0.1, -0.05) is 25.1 Å². The number of anilines is 1. The highest BCUT2D eigenvalue weighted by molar-refractivity contribution is 5.99. The SMILES string of the molecule is CCc1ccccc1NC(=O)CN(C)C(=O)c1ccc([N+](=O)[O-])c(C)c1. The van der Waals surface area contributed by atoms with E-state index in [0.717, 1.165) is 17.7 Å². The van der Waals surface area contributed by atoms with Gasteiger partial charge in [-0.05, 0) is 37.1 Å². The van der Waals surface area contributed by atoms with E-state index in [4.69, 9.17) is 0 Å². The minimum absolute atomic E-state index is 0.0434. The average molecular weight is 355 g/mol. The van der Waals surface area contributed by atoms with Crippen molar-refractivity contribution in [3.8, 4) is 0 Å². The summed E-state index contributed by atoms with van der Waals surface area (Å²) >= 11 is 0. The van der Waals surface area contributed by atoms with E-state index in [1.54, 1.807) is 6.92 Å². The van der Waals surface area contributed by atoms with Crippen LogP contribution >= 0.6 is 0 Å². The molecule has 136 valence electrons. The highest BCUT2D eigenvalue weighted by Gasteiger charge is 2.18. The second kappa shape index (κ2) is 8.24. The first-order valence-electron chi connectivity index (χ1n) is 8.21. The van der Waals surface area contributed by atoms with E-state index in [0.29, 0.717) is 11.1 Å². The Balaban J connectivity index is 2.05. The molecule has 0 aliphatic carbocycles. The summed E-state index contributed by atoms with van der Waals surface area (Å²) in [4.78, 5) is 36.4. The zero-order valence-corrected chi connectivity index (χ0v) is 15.0. The molecular formula is C19H21N3O4. The van der Waals surface area contributed by atoms with Crippen molar-refractivity contribution >= 4 is 23.2 Å². The van der Waals surface area contributed by atoms with Crippen molar-refractivity contribution in [2.75, 3.05) is 18.9 Å². The number of nitro benzene ring substituents is 1. The molecule has 26 heavy (non-hydrogen) atoms. The maximum absolute atomic E-state index is 12.5. The third-order valence-corrected chi connectivity index (χ3v) is 4.04. The minimum Gasteiger partial charge on any atom is -0.332 e. The van der Waals surface area contributed by atoms with Gasteiger partial charge < -0.3 is 10.2 Å². The average Bonchev–Trinajstić information content (AvgIpc) is 2.60. The van der Waals surface area contributed by atoms with E-state index in [2.05, 4.69) is 5.32 Å². The predicted octanol–water partition coefficient (Wildman–Crippen LogP) is 3.18. The molecule has 1 N–H and O–H groups in total. The van der Waals surface area contributed by atoms with Crippen LogP contribution in [0.1, 0.15) is 28.4 Å². The lowest BCUT2D eigenvalue weighted by Crippen LogP contribution is -2.35. The molecule has 7 nitrogen and oxygen atoms in total. The predicted molar refractivity (Wildman–Crippen MR) is 99.2 cm³/mol. The van der Waals surface area contributed by atoms with E-state index >= 15 is 0 Å². The van der Waals surface area contributed by atoms with Crippen LogP contribution in [0.4, 0.5) is 11.4 Å². The van der Waals surface area contributed by atoms with Gasteiger partial charge in [0.1, 0.15) is 0 Å². The highest BCUT2D eigenvalue weighted by Crippen LogP contribution is 2.20. The quantitative estimate of drug-likeness (QED) is 0.636. The molecule has 0 unspecified atom stereocenters. The van der Waals surface area contributed by atoms with Crippen LogP contribution in [0.3, 0.4) is 0 Å². The van der Waals surface area contributed by atoms with E-state index in [1.165, 1.54) is 30.1 Å². The lowest BCUT2D eigenvalue weighted by Gasteiger charge is -2.18. The Morgan fingerprint density at radius 3 is 2.50 bits per heavy atom. The summed E-state index contributed by atoms with van der Waals surface area (Å²) in [7, 11) is 1.52. The van der Waals surface area contributed by atoms with Crippen LogP contribution in [0, 0.1) is 17.0 Å². The van der Waals surface area contributed by atoms with Crippen LogP contribution in [0.5, 0.6) is 0 Å². The third-order valence-electron chi connectivity index (χ3n) is 4.04. The van der Waals surface area contributed by atoms with Gasteiger partial charge in [0.15, 0.2) is 0 Å². The van der Waals surface area contributed by atoms with Crippen molar-refractivity contribution in [3.05, 3.63) is 69.3 Å². The molecule has 2 rings (SSSR count).